The van der Waals surface area contributed by atoms with Gasteiger partial charge in [0.2, 0.25) is 5.91 Å². The van der Waals surface area contributed by atoms with Gasteiger partial charge in [0.05, 0.1) is 0 Å². The molecule has 0 aliphatic rings. The van der Waals surface area contributed by atoms with E-state index in [4.69, 9.17) is 5.73 Å². The van der Waals surface area contributed by atoms with E-state index in [2.05, 4.69) is 18.4 Å². The lowest BCUT2D eigenvalue weighted by Gasteiger charge is -2.36. The lowest BCUT2D eigenvalue weighted by Crippen LogP contribution is -2.42. The molecule has 0 fully saturated rings. The Kier molecular flexibility index (Phi) is 5.29. The quantitative estimate of drug-likeness (QED) is 0.536. The molecule has 0 saturated carbocycles. The number of carbonyl (C=O) groups excluding carboxylic acids is 1. The van der Waals surface area contributed by atoms with Gasteiger partial charge in [0.25, 0.3) is 0 Å². The van der Waals surface area contributed by atoms with Crippen LogP contribution in [-0.4, -0.2) is 30.4 Å². The highest BCUT2D eigenvalue weighted by Gasteiger charge is 2.27. The highest BCUT2D eigenvalue weighted by Crippen LogP contribution is 2.25. The number of amides is 1. The zero-order valence-corrected chi connectivity index (χ0v) is 10.2. The van der Waals surface area contributed by atoms with Gasteiger partial charge in [0.15, 0.2) is 0 Å². The van der Waals surface area contributed by atoms with Crippen molar-refractivity contribution >= 4 is 5.91 Å². The van der Waals surface area contributed by atoms with E-state index in [0.717, 1.165) is 12.8 Å². The summed E-state index contributed by atoms with van der Waals surface area (Å²) in [6, 6.07) is 0. The molecule has 3 heteroatoms. The highest BCUT2D eigenvalue weighted by molar-refractivity contribution is 5.91. The second-order valence-electron chi connectivity index (χ2n) is 4.04. The molecule has 0 aliphatic heterocycles. The van der Waals surface area contributed by atoms with Gasteiger partial charge < -0.3 is 5.73 Å². The molecular weight excluding hydrogens is 188 g/mol. The molecule has 0 aromatic carbocycles. The van der Waals surface area contributed by atoms with Crippen LogP contribution in [0.5, 0.6) is 0 Å². The smallest absolute Gasteiger partial charge is 0.244 e. The minimum Gasteiger partial charge on any atom is -0.366 e. The summed E-state index contributed by atoms with van der Waals surface area (Å²) in [7, 11) is 4.00. The summed E-state index contributed by atoms with van der Waals surface area (Å²) < 4.78 is 0. The Hall–Kier alpha value is -1.09. The zero-order valence-electron chi connectivity index (χ0n) is 10.2. The van der Waals surface area contributed by atoms with Gasteiger partial charge in [-0.3, -0.25) is 9.69 Å². The third-order valence-electron chi connectivity index (χ3n) is 2.87. The van der Waals surface area contributed by atoms with Crippen molar-refractivity contribution in [1.29, 1.82) is 0 Å². The van der Waals surface area contributed by atoms with Crippen LogP contribution in [0.4, 0.5) is 0 Å². The van der Waals surface area contributed by atoms with Crippen molar-refractivity contribution in [3.8, 4) is 0 Å². The molecule has 0 spiro atoms. The van der Waals surface area contributed by atoms with Crippen LogP contribution in [0.2, 0.25) is 0 Å². The molecule has 15 heavy (non-hydrogen) atoms. The summed E-state index contributed by atoms with van der Waals surface area (Å²) in [5.41, 5.74) is 5.69. The van der Waals surface area contributed by atoms with Crippen LogP contribution >= 0.6 is 0 Å². The largest absolute Gasteiger partial charge is 0.366 e. The minimum absolute atomic E-state index is 0.152. The van der Waals surface area contributed by atoms with Crippen molar-refractivity contribution in [2.24, 2.45) is 5.73 Å². The van der Waals surface area contributed by atoms with Crippen LogP contribution in [0.15, 0.2) is 24.3 Å². The molecule has 0 aromatic rings. The zero-order chi connectivity index (χ0) is 12.1. The van der Waals surface area contributed by atoms with E-state index in [-0.39, 0.29) is 11.4 Å². The first-order chi connectivity index (χ1) is 6.89. The molecule has 0 rings (SSSR count). The molecule has 0 aromatic heterocycles. The van der Waals surface area contributed by atoms with Gasteiger partial charge in [-0.2, -0.15) is 0 Å². The van der Waals surface area contributed by atoms with Crippen LogP contribution in [0, 0.1) is 0 Å². The number of nitrogens with two attached hydrogens (primary N) is 1. The molecule has 2 N–H and O–H groups in total. The van der Waals surface area contributed by atoms with E-state index >= 15 is 0 Å². The highest BCUT2D eigenvalue weighted by atomic mass is 16.1. The van der Waals surface area contributed by atoms with Crippen LogP contribution in [0.1, 0.15) is 26.7 Å². The first-order valence-corrected chi connectivity index (χ1v) is 5.17. The molecule has 1 amide bonds. The fraction of sp³-hybridized carbons (Fsp3) is 0.583. The topological polar surface area (TPSA) is 46.3 Å². The van der Waals surface area contributed by atoms with Gasteiger partial charge in [-0.25, -0.2) is 0 Å². The average molecular weight is 210 g/mol. The lowest BCUT2D eigenvalue weighted by molar-refractivity contribution is -0.114. The summed E-state index contributed by atoms with van der Waals surface area (Å²) in [5, 5.41) is 0. The van der Waals surface area contributed by atoms with E-state index < -0.39 is 0 Å². The maximum absolute atomic E-state index is 11.0. The van der Waals surface area contributed by atoms with Crippen LogP contribution in [0.3, 0.4) is 0 Å². The Morgan fingerprint density at radius 1 is 1.53 bits per heavy atom. The van der Waals surface area contributed by atoms with Crippen molar-refractivity contribution in [1.82, 2.24) is 4.90 Å². The summed E-state index contributed by atoms with van der Waals surface area (Å²) in [4.78, 5) is 13.1. The molecule has 0 aliphatic carbocycles. The molecule has 0 bridgehead atoms. The fourth-order valence-electron chi connectivity index (χ4n) is 1.66. The van der Waals surface area contributed by atoms with Gasteiger partial charge in [-0.15, -0.1) is 6.58 Å². The molecule has 3 nitrogen and oxygen atoms in total. The van der Waals surface area contributed by atoms with Gasteiger partial charge >= 0.3 is 0 Å². The Morgan fingerprint density at radius 2 is 2.07 bits per heavy atom. The van der Waals surface area contributed by atoms with Gasteiger partial charge in [-0.1, -0.05) is 19.1 Å². The Morgan fingerprint density at radius 3 is 2.33 bits per heavy atom. The predicted octanol–water partition coefficient (Wildman–Crippen LogP) is 1.70. The molecule has 86 valence electrons. The maximum Gasteiger partial charge on any atom is 0.244 e. The van der Waals surface area contributed by atoms with E-state index in [1.165, 1.54) is 0 Å². The van der Waals surface area contributed by atoms with Crippen molar-refractivity contribution in [2.75, 3.05) is 14.1 Å². The van der Waals surface area contributed by atoms with Crippen LogP contribution in [-0.2, 0) is 4.79 Å². The molecule has 0 radical (unpaired) electrons. The second-order valence-corrected chi connectivity index (χ2v) is 4.04. The second kappa shape index (κ2) is 5.71. The number of nitrogens with zero attached hydrogens (tertiary/aromatic N) is 1. The number of hydrogen-bond acceptors (Lipinski definition) is 2. The van der Waals surface area contributed by atoms with Crippen molar-refractivity contribution < 1.29 is 4.79 Å². The monoisotopic (exact) mass is 210 g/mol. The third kappa shape index (κ3) is 3.51. The molecule has 0 saturated heterocycles. The van der Waals surface area contributed by atoms with Gasteiger partial charge in [0, 0.05) is 11.1 Å². The molecular formula is C12H22N2O. The lowest BCUT2D eigenvalue weighted by atomic mass is 9.88. The van der Waals surface area contributed by atoms with Crippen molar-refractivity contribution in [3.05, 3.63) is 24.3 Å². The van der Waals surface area contributed by atoms with Crippen LogP contribution in [0.25, 0.3) is 0 Å². The standard InChI is InChI=1S/C12H22N2O/c1-6-8-12(7-2,14(4)5)9-10(3)11(13)15/h6,9H,1,7-8H2,2-5H3,(H2,13,15). The molecule has 0 heterocycles. The third-order valence-corrected chi connectivity index (χ3v) is 2.87. The van der Waals surface area contributed by atoms with E-state index in [0.29, 0.717) is 5.57 Å². The Balaban J connectivity index is 5.16. The van der Waals surface area contributed by atoms with Gasteiger partial charge in [0.1, 0.15) is 0 Å². The maximum atomic E-state index is 11.0. The van der Waals surface area contributed by atoms with Crippen LogP contribution < -0.4 is 5.73 Å². The SMILES string of the molecule is C=CCC(C=C(C)C(N)=O)(CC)N(C)C. The van der Waals surface area contributed by atoms with Gasteiger partial charge in [-0.05, 0) is 33.9 Å². The van der Waals surface area contributed by atoms with E-state index in [1.54, 1.807) is 6.92 Å². The number of rotatable bonds is 6. The number of primary amides is 1. The summed E-state index contributed by atoms with van der Waals surface area (Å²) >= 11 is 0. The van der Waals surface area contributed by atoms with E-state index in [1.807, 2.05) is 26.2 Å². The fourth-order valence-corrected chi connectivity index (χ4v) is 1.66. The number of carbonyl (C=O) groups is 1. The number of likely N-dealkylation sites (N-methyl/N-ethyl adjacent to an activating group) is 1. The summed E-state index contributed by atoms with van der Waals surface area (Å²) in [5.74, 6) is -0.362. The average Bonchev–Trinajstić information content (AvgIpc) is 2.16. The van der Waals surface area contributed by atoms with Crippen molar-refractivity contribution in [2.45, 2.75) is 32.2 Å². The minimum atomic E-state index is -0.362. The number of hydrogen-bond donors (Lipinski definition) is 1. The van der Waals surface area contributed by atoms with E-state index in [9.17, 15) is 4.79 Å². The first-order valence-electron chi connectivity index (χ1n) is 5.17. The first kappa shape index (κ1) is 13.9. The normalized spacial score (nSPS) is 16.2. The van der Waals surface area contributed by atoms with Crippen molar-refractivity contribution in [3.63, 3.8) is 0 Å². The molecule has 1 atom stereocenters. The Bertz CT molecular complexity index is 269. The summed E-state index contributed by atoms with van der Waals surface area (Å²) in [6.07, 6.45) is 5.53. The summed E-state index contributed by atoms with van der Waals surface area (Å²) in [6.45, 7) is 7.60. The predicted molar refractivity (Wildman–Crippen MR) is 64.5 cm³/mol. The molecule has 1 unspecified atom stereocenters. The Labute approximate surface area is 92.6 Å².